The second-order valence-electron chi connectivity index (χ2n) is 7.91. The SMILES string of the molecule is Cn1cnc2c1c(=O)n(CC(=O)N1CCC(C(=O)c3ccc(Cl)c(Cl)c3)CC1)c(=O)n2C. The molecule has 0 aliphatic carbocycles. The number of hydrogen-bond acceptors (Lipinski definition) is 5. The second kappa shape index (κ2) is 8.55. The van der Waals surface area contributed by atoms with Crippen LogP contribution in [0.25, 0.3) is 11.2 Å². The minimum atomic E-state index is -0.598. The van der Waals surface area contributed by atoms with Gasteiger partial charge in [-0.15, -0.1) is 0 Å². The number of amides is 1. The van der Waals surface area contributed by atoms with Gasteiger partial charge in [0.25, 0.3) is 5.56 Å². The van der Waals surface area contributed by atoms with Gasteiger partial charge in [-0.3, -0.25) is 19.0 Å². The molecule has 0 atom stereocenters. The molecular weight excluding hydrogens is 457 g/mol. The molecule has 1 fully saturated rings. The summed E-state index contributed by atoms with van der Waals surface area (Å²) in [5.41, 5.74) is -0.136. The number of carbonyl (C=O) groups excluding carboxylic acids is 2. The number of Topliss-reactive ketones (excluding diaryl/α,β-unsaturated/α-hetero) is 1. The summed E-state index contributed by atoms with van der Waals surface area (Å²) in [4.78, 5) is 56.7. The first-order valence-electron chi connectivity index (χ1n) is 10.1. The van der Waals surface area contributed by atoms with Crippen LogP contribution in [-0.4, -0.2) is 48.4 Å². The zero-order chi connectivity index (χ0) is 23.2. The van der Waals surface area contributed by atoms with Gasteiger partial charge in [0.15, 0.2) is 16.9 Å². The summed E-state index contributed by atoms with van der Waals surface area (Å²) in [7, 11) is 3.17. The third-order valence-electron chi connectivity index (χ3n) is 5.92. The van der Waals surface area contributed by atoms with Crippen molar-refractivity contribution in [3.8, 4) is 0 Å². The van der Waals surface area contributed by atoms with Crippen molar-refractivity contribution < 1.29 is 9.59 Å². The van der Waals surface area contributed by atoms with E-state index in [1.54, 1.807) is 30.1 Å². The first kappa shape index (κ1) is 22.3. The third kappa shape index (κ3) is 3.86. The van der Waals surface area contributed by atoms with Crippen molar-refractivity contribution in [2.24, 2.45) is 20.0 Å². The molecule has 3 aromatic rings. The second-order valence-corrected chi connectivity index (χ2v) is 8.72. The Morgan fingerprint density at radius 1 is 1.09 bits per heavy atom. The molecule has 0 radical (unpaired) electrons. The molecule has 1 aliphatic heterocycles. The van der Waals surface area contributed by atoms with E-state index in [9.17, 15) is 19.2 Å². The van der Waals surface area contributed by atoms with E-state index in [1.165, 1.54) is 22.5 Å². The lowest BCUT2D eigenvalue weighted by Crippen LogP contribution is -2.47. The van der Waals surface area contributed by atoms with E-state index in [1.807, 2.05) is 0 Å². The molecule has 0 N–H and O–H groups in total. The van der Waals surface area contributed by atoms with Crippen LogP contribution in [0.3, 0.4) is 0 Å². The molecule has 1 aliphatic rings. The van der Waals surface area contributed by atoms with Gasteiger partial charge in [0.2, 0.25) is 5.91 Å². The van der Waals surface area contributed by atoms with Gasteiger partial charge in [0.1, 0.15) is 6.54 Å². The quantitative estimate of drug-likeness (QED) is 0.534. The minimum Gasteiger partial charge on any atom is -0.341 e. The van der Waals surface area contributed by atoms with Crippen LogP contribution < -0.4 is 11.2 Å². The zero-order valence-corrected chi connectivity index (χ0v) is 19.1. The summed E-state index contributed by atoms with van der Waals surface area (Å²) >= 11 is 11.9. The maximum Gasteiger partial charge on any atom is 0.332 e. The van der Waals surface area contributed by atoms with Crippen LogP contribution in [0.5, 0.6) is 0 Å². The van der Waals surface area contributed by atoms with Crippen LogP contribution in [-0.2, 0) is 25.4 Å². The van der Waals surface area contributed by atoms with E-state index in [2.05, 4.69) is 4.98 Å². The number of carbonyl (C=O) groups is 2. The number of benzene rings is 1. The lowest BCUT2D eigenvalue weighted by atomic mass is 9.89. The third-order valence-corrected chi connectivity index (χ3v) is 6.66. The summed E-state index contributed by atoms with van der Waals surface area (Å²) in [6.45, 7) is 0.358. The standard InChI is InChI=1S/C21H21Cl2N5O4/c1-25-11-24-19-17(25)20(31)28(21(32)26(19)2)10-16(29)27-7-5-12(6-8-27)18(30)13-3-4-14(22)15(23)9-13/h3-4,9,11-12H,5-8,10H2,1-2H3. The molecule has 1 amide bonds. The van der Waals surface area contributed by atoms with Gasteiger partial charge in [0, 0.05) is 38.7 Å². The van der Waals surface area contributed by atoms with E-state index < -0.39 is 11.2 Å². The lowest BCUT2D eigenvalue weighted by Gasteiger charge is -2.31. The van der Waals surface area contributed by atoms with Gasteiger partial charge in [-0.25, -0.2) is 14.3 Å². The van der Waals surface area contributed by atoms with Crippen LogP contribution in [0.2, 0.25) is 10.0 Å². The fourth-order valence-electron chi connectivity index (χ4n) is 4.05. The Morgan fingerprint density at radius 3 is 2.44 bits per heavy atom. The molecule has 1 saturated heterocycles. The number of imidazole rings is 1. The van der Waals surface area contributed by atoms with Gasteiger partial charge >= 0.3 is 5.69 Å². The summed E-state index contributed by atoms with van der Waals surface area (Å²) in [5.74, 6) is -0.619. The number of ketones is 1. The van der Waals surface area contributed by atoms with E-state index in [4.69, 9.17) is 23.2 Å². The Morgan fingerprint density at radius 2 is 1.78 bits per heavy atom. The Kier molecular flexibility index (Phi) is 5.96. The van der Waals surface area contributed by atoms with Crippen molar-refractivity contribution in [1.29, 1.82) is 0 Å². The topological polar surface area (TPSA) is 99.2 Å². The molecule has 168 valence electrons. The Labute approximate surface area is 192 Å². The van der Waals surface area contributed by atoms with Crippen LogP contribution >= 0.6 is 23.2 Å². The Bertz CT molecular complexity index is 1350. The van der Waals surface area contributed by atoms with Crippen LogP contribution in [0.15, 0.2) is 34.1 Å². The molecule has 0 bridgehead atoms. The van der Waals surface area contributed by atoms with Gasteiger partial charge < -0.3 is 9.47 Å². The highest BCUT2D eigenvalue weighted by Gasteiger charge is 2.29. The fraction of sp³-hybridized carbons (Fsp3) is 0.381. The van der Waals surface area contributed by atoms with Gasteiger partial charge in [-0.05, 0) is 31.0 Å². The van der Waals surface area contributed by atoms with Crippen molar-refractivity contribution in [2.45, 2.75) is 19.4 Å². The molecule has 2 aromatic heterocycles. The molecule has 0 spiro atoms. The van der Waals surface area contributed by atoms with Crippen LogP contribution in [0.4, 0.5) is 0 Å². The van der Waals surface area contributed by atoms with Crippen molar-refractivity contribution in [3.05, 3.63) is 61.0 Å². The van der Waals surface area contributed by atoms with Gasteiger partial charge in [-0.1, -0.05) is 23.2 Å². The lowest BCUT2D eigenvalue weighted by molar-refractivity contribution is -0.133. The summed E-state index contributed by atoms with van der Waals surface area (Å²) < 4.78 is 3.71. The number of halogens is 2. The number of fused-ring (bicyclic) bond motifs is 1. The van der Waals surface area contributed by atoms with E-state index in [0.717, 1.165) is 4.57 Å². The smallest absolute Gasteiger partial charge is 0.332 e. The predicted octanol–water partition coefficient (Wildman–Crippen LogP) is 1.86. The number of aryl methyl sites for hydroxylation is 2. The maximum absolute atomic E-state index is 12.8. The molecule has 0 saturated carbocycles. The van der Waals surface area contributed by atoms with E-state index in [0.29, 0.717) is 41.5 Å². The molecule has 9 nitrogen and oxygen atoms in total. The highest BCUT2D eigenvalue weighted by Crippen LogP contribution is 2.27. The van der Waals surface area contributed by atoms with E-state index >= 15 is 0 Å². The number of piperidine rings is 1. The number of likely N-dealkylation sites (tertiary alicyclic amines) is 1. The molecular formula is C21H21Cl2N5O4. The highest BCUT2D eigenvalue weighted by atomic mass is 35.5. The predicted molar refractivity (Wildman–Crippen MR) is 120 cm³/mol. The number of hydrogen-bond donors (Lipinski definition) is 0. The molecule has 4 rings (SSSR count). The van der Waals surface area contributed by atoms with Gasteiger partial charge in [0.05, 0.1) is 16.4 Å². The van der Waals surface area contributed by atoms with Crippen molar-refractivity contribution >= 4 is 46.1 Å². The number of aromatic nitrogens is 4. The minimum absolute atomic E-state index is 0.0394. The average Bonchev–Trinajstić information content (AvgIpc) is 3.18. The molecule has 1 aromatic carbocycles. The monoisotopic (exact) mass is 477 g/mol. The average molecular weight is 478 g/mol. The van der Waals surface area contributed by atoms with Crippen molar-refractivity contribution in [3.63, 3.8) is 0 Å². The molecule has 11 heteroatoms. The van der Waals surface area contributed by atoms with Crippen LogP contribution in [0, 0.1) is 5.92 Å². The Balaban J connectivity index is 1.47. The number of rotatable bonds is 4. The fourth-order valence-corrected chi connectivity index (χ4v) is 4.35. The number of nitrogens with zero attached hydrogens (tertiary/aromatic N) is 5. The summed E-state index contributed by atoms with van der Waals surface area (Å²) in [5, 5.41) is 0.705. The molecule has 32 heavy (non-hydrogen) atoms. The normalized spacial score (nSPS) is 14.8. The Hall–Kier alpha value is -2.91. The van der Waals surface area contributed by atoms with Gasteiger partial charge in [-0.2, -0.15) is 0 Å². The van der Waals surface area contributed by atoms with Crippen molar-refractivity contribution in [1.82, 2.24) is 23.6 Å². The zero-order valence-electron chi connectivity index (χ0n) is 17.5. The first-order valence-corrected chi connectivity index (χ1v) is 10.8. The summed E-state index contributed by atoms with van der Waals surface area (Å²) in [6.07, 6.45) is 2.42. The molecule has 0 unspecified atom stereocenters. The van der Waals surface area contributed by atoms with Crippen molar-refractivity contribution in [2.75, 3.05) is 13.1 Å². The largest absolute Gasteiger partial charge is 0.341 e. The first-order chi connectivity index (χ1) is 15.2. The van der Waals surface area contributed by atoms with Crippen LogP contribution in [0.1, 0.15) is 23.2 Å². The maximum atomic E-state index is 12.8. The van der Waals surface area contributed by atoms with E-state index in [-0.39, 0.29) is 35.3 Å². The molecule has 3 heterocycles. The summed E-state index contributed by atoms with van der Waals surface area (Å²) in [6, 6.07) is 4.79. The highest BCUT2D eigenvalue weighted by molar-refractivity contribution is 6.42.